The number of carbonyl (C=O) groups excluding carboxylic acids is 1. The molecule has 1 amide bonds. The minimum absolute atomic E-state index is 0.0183. The van der Waals surface area contributed by atoms with Crippen LogP contribution in [-0.2, 0) is 11.3 Å². The number of nitrogens with one attached hydrogen (secondary N) is 1. The predicted octanol–water partition coefficient (Wildman–Crippen LogP) is 4.89. The highest BCUT2D eigenvalue weighted by Crippen LogP contribution is 2.35. The molecular weight excluding hydrogens is 464 g/mol. The summed E-state index contributed by atoms with van der Waals surface area (Å²) in [4.78, 5) is 21.5. The van der Waals surface area contributed by atoms with Gasteiger partial charge in [0.05, 0.1) is 12.1 Å². The molecule has 1 aliphatic rings. The van der Waals surface area contributed by atoms with Crippen LogP contribution in [0.1, 0.15) is 40.7 Å². The Balaban J connectivity index is 1.71. The number of hydrogen-bond acceptors (Lipinski definition) is 6. The summed E-state index contributed by atoms with van der Waals surface area (Å²) >= 11 is 3.49. The summed E-state index contributed by atoms with van der Waals surface area (Å²) < 4.78 is 15.9. The van der Waals surface area contributed by atoms with Gasteiger partial charge in [-0.05, 0) is 52.8 Å². The largest absolute Gasteiger partial charge is 0.491 e. The van der Waals surface area contributed by atoms with E-state index in [2.05, 4.69) is 35.9 Å². The molecule has 0 aliphatic carbocycles. The zero-order chi connectivity index (χ0) is 22.3. The fourth-order valence-electron chi connectivity index (χ4n) is 3.27. The molecule has 9 nitrogen and oxygen atoms in total. The zero-order valence-corrected chi connectivity index (χ0v) is 19.7. The van der Waals surface area contributed by atoms with E-state index in [4.69, 9.17) is 14.5 Å². The van der Waals surface area contributed by atoms with E-state index in [1.807, 2.05) is 38.2 Å². The normalized spacial score (nSPS) is 13.3. The van der Waals surface area contributed by atoms with Gasteiger partial charge >= 0.3 is 6.09 Å². The lowest BCUT2D eigenvalue weighted by Gasteiger charge is -2.18. The standard InChI is InChI=1S/C21H25BrN6O3/c1-12(2)28-18(24-19(26-28)25-20(29)31-21(3,4)5)15-11-27-8-9-30-16-10-13(22)6-7-14(16)17(27)23-15/h6-7,10-12H,8-9H2,1-5H3,(H,25,26,29). The van der Waals surface area contributed by atoms with Crippen LogP contribution in [0.4, 0.5) is 10.7 Å². The first-order chi connectivity index (χ1) is 14.6. The smallest absolute Gasteiger partial charge is 0.414 e. The maximum atomic E-state index is 12.2. The van der Waals surface area contributed by atoms with Crippen LogP contribution in [-0.4, -0.2) is 42.6 Å². The van der Waals surface area contributed by atoms with Crippen molar-refractivity contribution in [2.75, 3.05) is 11.9 Å². The number of benzene rings is 1. The van der Waals surface area contributed by atoms with Crippen molar-refractivity contribution in [2.45, 2.75) is 52.8 Å². The first-order valence-corrected chi connectivity index (χ1v) is 10.9. The van der Waals surface area contributed by atoms with Gasteiger partial charge in [0.1, 0.15) is 29.5 Å². The molecule has 0 fully saturated rings. The number of fused-ring (bicyclic) bond motifs is 3. The Morgan fingerprint density at radius 1 is 1.26 bits per heavy atom. The molecule has 3 heterocycles. The molecule has 0 saturated heterocycles. The van der Waals surface area contributed by atoms with Crippen LogP contribution in [0.2, 0.25) is 0 Å². The molecule has 0 radical (unpaired) electrons. The SMILES string of the molecule is CC(C)n1nc(NC(=O)OC(C)(C)C)nc1-c1cn2c(n1)-c1ccc(Br)cc1OCC2. The Morgan fingerprint density at radius 2 is 2.03 bits per heavy atom. The van der Waals surface area contributed by atoms with E-state index in [0.29, 0.717) is 24.7 Å². The van der Waals surface area contributed by atoms with Crippen molar-refractivity contribution in [2.24, 2.45) is 0 Å². The highest BCUT2D eigenvalue weighted by Gasteiger charge is 2.24. The first-order valence-electron chi connectivity index (χ1n) is 10.1. The van der Waals surface area contributed by atoms with E-state index < -0.39 is 11.7 Å². The third-order valence-electron chi connectivity index (χ3n) is 4.51. The van der Waals surface area contributed by atoms with Gasteiger partial charge in [0.15, 0.2) is 5.82 Å². The van der Waals surface area contributed by atoms with Gasteiger partial charge in [-0.2, -0.15) is 4.98 Å². The molecule has 0 unspecified atom stereocenters. The van der Waals surface area contributed by atoms with E-state index in [9.17, 15) is 4.79 Å². The number of halogens is 1. The number of aromatic nitrogens is 5. The van der Waals surface area contributed by atoms with Crippen molar-refractivity contribution in [1.82, 2.24) is 24.3 Å². The van der Waals surface area contributed by atoms with E-state index >= 15 is 0 Å². The molecule has 164 valence electrons. The average molecular weight is 489 g/mol. The van der Waals surface area contributed by atoms with Crippen molar-refractivity contribution in [3.8, 4) is 28.7 Å². The van der Waals surface area contributed by atoms with Crippen LogP contribution in [0.25, 0.3) is 22.9 Å². The second-order valence-corrected chi connectivity index (χ2v) is 9.47. The van der Waals surface area contributed by atoms with Gasteiger partial charge in [0.2, 0.25) is 0 Å². The number of ether oxygens (including phenoxy) is 2. The number of amides is 1. The van der Waals surface area contributed by atoms with E-state index in [1.54, 1.807) is 25.5 Å². The molecule has 10 heteroatoms. The topological polar surface area (TPSA) is 96.1 Å². The summed E-state index contributed by atoms with van der Waals surface area (Å²) in [6.45, 7) is 10.6. The number of hydrogen-bond donors (Lipinski definition) is 1. The zero-order valence-electron chi connectivity index (χ0n) is 18.1. The molecule has 0 saturated carbocycles. The number of nitrogens with zero attached hydrogens (tertiary/aromatic N) is 5. The molecular formula is C21H25BrN6O3. The van der Waals surface area contributed by atoms with Crippen LogP contribution in [0.3, 0.4) is 0 Å². The molecule has 0 atom stereocenters. The monoisotopic (exact) mass is 488 g/mol. The molecule has 2 aromatic heterocycles. The van der Waals surface area contributed by atoms with Gasteiger partial charge in [0.25, 0.3) is 5.95 Å². The quantitative estimate of drug-likeness (QED) is 0.563. The summed E-state index contributed by atoms with van der Waals surface area (Å²) in [6, 6.07) is 5.91. The maximum absolute atomic E-state index is 12.2. The Kier molecular flexibility index (Phi) is 5.50. The third kappa shape index (κ3) is 4.58. The van der Waals surface area contributed by atoms with E-state index in [-0.39, 0.29) is 12.0 Å². The van der Waals surface area contributed by atoms with Crippen LogP contribution in [0.15, 0.2) is 28.9 Å². The summed E-state index contributed by atoms with van der Waals surface area (Å²) in [7, 11) is 0. The third-order valence-corrected chi connectivity index (χ3v) is 5.01. The average Bonchev–Trinajstić information content (AvgIpc) is 3.21. The number of carbonyl (C=O) groups is 1. The Bertz CT molecular complexity index is 1130. The summed E-state index contributed by atoms with van der Waals surface area (Å²) in [5.41, 5.74) is 0.971. The van der Waals surface area contributed by atoms with Crippen LogP contribution >= 0.6 is 15.9 Å². The number of anilines is 1. The predicted molar refractivity (Wildman–Crippen MR) is 120 cm³/mol. The lowest BCUT2D eigenvalue weighted by molar-refractivity contribution is 0.0634. The molecule has 3 aromatic rings. The minimum Gasteiger partial charge on any atom is -0.491 e. The van der Waals surface area contributed by atoms with Gasteiger partial charge in [0, 0.05) is 16.7 Å². The van der Waals surface area contributed by atoms with Crippen molar-refractivity contribution in [1.29, 1.82) is 0 Å². The second-order valence-electron chi connectivity index (χ2n) is 8.56. The van der Waals surface area contributed by atoms with Gasteiger partial charge in [-0.25, -0.2) is 14.5 Å². The van der Waals surface area contributed by atoms with E-state index in [0.717, 1.165) is 21.6 Å². The van der Waals surface area contributed by atoms with Gasteiger partial charge in [-0.3, -0.25) is 5.32 Å². The molecule has 31 heavy (non-hydrogen) atoms. The summed E-state index contributed by atoms with van der Waals surface area (Å²) in [5.74, 6) is 2.33. The molecule has 1 aromatic carbocycles. The van der Waals surface area contributed by atoms with Crippen LogP contribution in [0, 0.1) is 0 Å². The lowest BCUT2D eigenvalue weighted by atomic mass is 10.2. The first kappa shape index (κ1) is 21.4. The number of rotatable bonds is 3. The fraction of sp³-hybridized carbons (Fsp3) is 0.429. The van der Waals surface area contributed by atoms with Crippen molar-refractivity contribution in [3.05, 3.63) is 28.9 Å². The maximum Gasteiger partial charge on any atom is 0.414 e. The highest BCUT2D eigenvalue weighted by molar-refractivity contribution is 9.10. The molecule has 1 aliphatic heterocycles. The fourth-order valence-corrected chi connectivity index (χ4v) is 3.61. The second kappa shape index (κ2) is 7.99. The highest BCUT2D eigenvalue weighted by atomic mass is 79.9. The van der Waals surface area contributed by atoms with Crippen LogP contribution in [0.5, 0.6) is 5.75 Å². The Hall–Kier alpha value is -2.88. The molecule has 4 rings (SSSR count). The Morgan fingerprint density at radius 3 is 2.74 bits per heavy atom. The van der Waals surface area contributed by atoms with E-state index in [1.165, 1.54) is 0 Å². The molecule has 0 bridgehead atoms. The lowest BCUT2D eigenvalue weighted by Crippen LogP contribution is -2.27. The van der Waals surface area contributed by atoms with Crippen molar-refractivity contribution < 1.29 is 14.3 Å². The van der Waals surface area contributed by atoms with Gasteiger partial charge in [-0.15, -0.1) is 5.10 Å². The Labute approximate surface area is 188 Å². The van der Waals surface area contributed by atoms with Gasteiger partial charge in [-0.1, -0.05) is 15.9 Å². The summed E-state index contributed by atoms with van der Waals surface area (Å²) in [5, 5.41) is 7.06. The van der Waals surface area contributed by atoms with Crippen LogP contribution < -0.4 is 10.1 Å². The van der Waals surface area contributed by atoms with Crippen molar-refractivity contribution >= 4 is 28.0 Å². The van der Waals surface area contributed by atoms with Crippen molar-refractivity contribution in [3.63, 3.8) is 0 Å². The van der Waals surface area contributed by atoms with Gasteiger partial charge < -0.3 is 14.0 Å². The number of imidazole rings is 1. The minimum atomic E-state index is -0.612. The molecule has 1 N–H and O–H groups in total. The molecule has 0 spiro atoms. The summed E-state index contributed by atoms with van der Waals surface area (Å²) in [6.07, 6.45) is 1.34.